The molecule has 0 bridgehead atoms. The molecular weight excluding hydrogens is 322 g/mol. The fourth-order valence-corrected chi connectivity index (χ4v) is 3.42. The van der Waals surface area contributed by atoms with E-state index in [2.05, 4.69) is 61.5 Å². The molecule has 0 amide bonds. The average Bonchev–Trinajstić information content (AvgIpc) is 2.50. The summed E-state index contributed by atoms with van der Waals surface area (Å²) < 4.78 is 1.13. The third-order valence-corrected chi connectivity index (χ3v) is 4.58. The van der Waals surface area contributed by atoms with Crippen molar-refractivity contribution in [3.05, 3.63) is 65.7 Å². The summed E-state index contributed by atoms with van der Waals surface area (Å²) >= 11 is 0. The average molecular weight is 346 g/mol. The second kappa shape index (κ2) is 7.24. The summed E-state index contributed by atoms with van der Waals surface area (Å²) in [6.07, 6.45) is 4.09. The number of aryl methyl sites for hydroxylation is 1. The van der Waals surface area contributed by atoms with Crippen LogP contribution < -0.4 is 21.5 Å². The van der Waals surface area contributed by atoms with Crippen LogP contribution in [-0.2, 0) is 6.54 Å². The number of quaternary nitrogens is 1. The van der Waals surface area contributed by atoms with Gasteiger partial charge in [0.1, 0.15) is 12.2 Å². The lowest BCUT2D eigenvalue weighted by Gasteiger charge is -2.41. The minimum atomic E-state index is 0. The molecular formula is C19H24BrN. The maximum atomic E-state index is 2.34. The van der Waals surface area contributed by atoms with Gasteiger partial charge in [0.15, 0.2) is 0 Å². The molecule has 1 fully saturated rings. The molecule has 21 heavy (non-hydrogen) atoms. The molecule has 0 radical (unpaired) electrons. The molecule has 3 rings (SSSR count). The van der Waals surface area contributed by atoms with Gasteiger partial charge in [-0.2, -0.15) is 0 Å². The lowest BCUT2D eigenvalue weighted by molar-refractivity contribution is -0.00000421. The van der Waals surface area contributed by atoms with E-state index >= 15 is 0 Å². The van der Waals surface area contributed by atoms with E-state index in [4.69, 9.17) is 0 Å². The number of rotatable bonds is 3. The zero-order chi connectivity index (χ0) is 13.8. The summed E-state index contributed by atoms with van der Waals surface area (Å²) in [5.41, 5.74) is 4.29. The summed E-state index contributed by atoms with van der Waals surface area (Å²) in [4.78, 5) is 0. The van der Waals surface area contributed by atoms with Gasteiger partial charge in [-0.15, -0.1) is 0 Å². The fraction of sp³-hybridized carbons (Fsp3) is 0.368. The number of hydrogen-bond donors (Lipinski definition) is 0. The van der Waals surface area contributed by atoms with Crippen molar-refractivity contribution in [2.45, 2.75) is 32.7 Å². The monoisotopic (exact) mass is 345 g/mol. The minimum Gasteiger partial charge on any atom is -1.00 e. The Hall–Kier alpha value is -1.12. The quantitative estimate of drug-likeness (QED) is 0.742. The van der Waals surface area contributed by atoms with Crippen molar-refractivity contribution in [2.24, 2.45) is 0 Å². The fourth-order valence-electron chi connectivity index (χ4n) is 3.42. The molecule has 2 aromatic rings. The third-order valence-electron chi connectivity index (χ3n) is 4.58. The van der Waals surface area contributed by atoms with E-state index in [1.165, 1.54) is 49.2 Å². The van der Waals surface area contributed by atoms with E-state index in [9.17, 15) is 0 Å². The van der Waals surface area contributed by atoms with Crippen LogP contribution in [-0.4, -0.2) is 13.1 Å². The number of nitrogens with zero attached hydrogens (tertiary/aromatic N) is 1. The first-order valence-corrected chi connectivity index (χ1v) is 7.76. The van der Waals surface area contributed by atoms with Gasteiger partial charge in [0.25, 0.3) is 0 Å². The smallest absolute Gasteiger partial charge is 0.133 e. The summed E-state index contributed by atoms with van der Waals surface area (Å²) in [7, 11) is 0. The molecule has 0 aliphatic carbocycles. The third kappa shape index (κ3) is 3.75. The van der Waals surface area contributed by atoms with Crippen LogP contribution in [0.15, 0.2) is 54.6 Å². The molecule has 1 saturated heterocycles. The molecule has 0 unspecified atom stereocenters. The van der Waals surface area contributed by atoms with Gasteiger partial charge in [-0.05, 0) is 38.3 Å². The Morgan fingerprint density at radius 3 is 2.05 bits per heavy atom. The molecule has 0 saturated carbocycles. The first-order chi connectivity index (χ1) is 9.78. The normalized spacial score (nSPS) is 17.0. The highest BCUT2D eigenvalue weighted by molar-refractivity contribution is 5.45. The van der Waals surface area contributed by atoms with Gasteiger partial charge in [-0.25, -0.2) is 0 Å². The van der Waals surface area contributed by atoms with Crippen molar-refractivity contribution in [3.8, 4) is 0 Å². The molecule has 0 N–H and O–H groups in total. The van der Waals surface area contributed by atoms with Gasteiger partial charge < -0.3 is 17.0 Å². The number of halogens is 1. The van der Waals surface area contributed by atoms with Crippen LogP contribution in [0.4, 0.5) is 5.69 Å². The minimum absolute atomic E-state index is 0. The van der Waals surface area contributed by atoms with E-state index in [0.717, 1.165) is 11.0 Å². The van der Waals surface area contributed by atoms with E-state index < -0.39 is 0 Å². The highest BCUT2D eigenvalue weighted by Gasteiger charge is 2.32. The highest BCUT2D eigenvalue weighted by Crippen LogP contribution is 2.31. The Kier molecular flexibility index (Phi) is 5.60. The maximum Gasteiger partial charge on any atom is 0.133 e. The van der Waals surface area contributed by atoms with Gasteiger partial charge >= 0.3 is 0 Å². The highest BCUT2D eigenvalue weighted by atomic mass is 79.9. The molecule has 0 atom stereocenters. The molecule has 1 aliphatic rings. The van der Waals surface area contributed by atoms with E-state index in [-0.39, 0.29) is 17.0 Å². The predicted molar refractivity (Wildman–Crippen MR) is 86.7 cm³/mol. The number of benzene rings is 2. The van der Waals surface area contributed by atoms with Crippen molar-refractivity contribution in [1.82, 2.24) is 4.48 Å². The Bertz CT molecular complexity index is 542. The molecule has 0 aromatic heterocycles. The van der Waals surface area contributed by atoms with Crippen molar-refractivity contribution in [1.29, 1.82) is 0 Å². The van der Waals surface area contributed by atoms with Crippen LogP contribution in [0.5, 0.6) is 0 Å². The van der Waals surface area contributed by atoms with Gasteiger partial charge in [0.05, 0.1) is 13.1 Å². The summed E-state index contributed by atoms with van der Waals surface area (Å²) in [5, 5.41) is 0. The van der Waals surface area contributed by atoms with Crippen LogP contribution in [0.25, 0.3) is 0 Å². The van der Waals surface area contributed by atoms with E-state index in [1.54, 1.807) is 0 Å². The van der Waals surface area contributed by atoms with Crippen LogP contribution in [0.3, 0.4) is 0 Å². The molecule has 1 nitrogen and oxygen atoms in total. The Morgan fingerprint density at radius 1 is 0.810 bits per heavy atom. The van der Waals surface area contributed by atoms with Crippen molar-refractivity contribution >= 4 is 5.69 Å². The van der Waals surface area contributed by atoms with Crippen LogP contribution in [0.2, 0.25) is 0 Å². The molecule has 1 heterocycles. The van der Waals surface area contributed by atoms with Crippen molar-refractivity contribution in [2.75, 3.05) is 13.1 Å². The molecule has 1 aliphatic heterocycles. The number of likely N-dealkylation sites (tertiary alicyclic amines) is 1. The topological polar surface area (TPSA) is 0 Å². The van der Waals surface area contributed by atoms with Crippen molar-refractivity contribution in [3.63, 3.8) is 0 Å². The summed E-state index contributed by atoms with van der Waals surface area (Å²) in [6.45, 7) is 5.85. The molecule has 112 valence electrons. The van der Waals surface area contributed by atoms with Crippen LogP contribution in [0, 0.1) is 6.92 Å². The Balaban J connectivity index is 0.00000161. The van der Waals surface area contributed by atoms with E-state index in [1.807, 2.05) is 0 Å². The summed E-state index contributed by atoms with van der Waals surface area (Å²) in [6, 6.07) is 20.1. The number of piperidine rings is 1. The first kappa shape index (κ1) is 16.3. The van der Waals surface area contributed by atoms with Gasteiger partial charge in [0, 0.05) is 5.56 Å². The molecule has 2 heteroatoms. The predicted octanol–water partition coefficient (Wildman–Crippen LogP) is 1.69. The van der Waals surface area contributed by atoms with Gasteiger partial charge in [-0.3, -0.25) is 4.48 Å². The standard InChI is InChI=1S/C19H24N.BrH/c1-17-10-12-19(13-11-17)20(14-6-3-7-15-20)16-18-8-4-2-5-9-18;/h2,4-5,8-13H,3,6-7,14-16H2,1H3;1H/q+1;/p-1. The molecule has 0 spiro atoms. The second-order valence-corrected chi connectivity index (χ2v) is 6.13. The van der Waals surface area contributed by atoms with Crippen LogP contribution in [0.1, 0.15) is 30.4 Å². The summed E-state index contributed by atoms with van der Waals surface area (Å²) in [5.74, 6) is 0. The zero-order valence-electron chi connectivity index (χ0n) is 12.8. The number of hydrogen-bond acceptors (Lipinski definition) is 0. The Labute approximate surface area is 139 Å². The van der Waals surface area contributed by atoms with Gasteiger partial charge in [-0.1, -0.05) is 48.0 Å². The lowest BCUT2D eigenvalue weighted by atomic mass is 10.0. The largest absolute Gasteiger partial charge is 1.00 e. The lowest BCUT2D eigenvalue weighted by Crippen LogP contribution is -3.00. The first-order valence-electron chi connectivity index (χ1n) is 7.76. The SMILES string of the molecule is Cc1ccc([N+]2(Cc3ccccc3)CCCCC2)cc1.[Br-]. The van der Waals surface area contributed by atoms with E-state index in [0.29, 0.717) is 0 Å². The second-order valence-electron chi connectivity index (χ2n) is 6.13. The van der Waals surface area contributed by atoms with Gasteiger partial charge in [0.2, 0.25) is 0 Å². The van der Waals surface area contributed by atoms with Crippen LogP contribution >= 0.6 is 0 Å². The maximum absolute atomic E-state index is 2.34. The zero-order valence-corrected chi connectivity index (χ0v) is 14.3. The van der Waals surface area contributed by atoms with Crippen molar-refractivity contribution < 1.29 is 17.0 Å². The Morgan fingerprint density at radius 2 is 1.43 bits per heavy atom. The molecule has 2 aromatic carbocycles.